The van der Waals surface area contributed by atoms with Gasteiger partial charge >= 0.3 is 5.97 Å². The predicted octanol–water partition coefficient (Wildman–Crippen LogP) is 1.45. The van der Waals surface area contributed by atoms with Crippen LogP contribution in [-0.4, -0.2) is 43.1 Å². The molecule has 114 valence electrons. The van der Waals surface area contributed by atoms with E-state index in [9.17, 15) is 9.59 Å². The highest BCUT2D eigenvalue weighted by molar-refractivity contribution is 5.99. The van der Waals surface area contributed by atoms with Crippen molar-refractivity contribution in [2.45, 2.75) is 25.8 Å². The van der Waals surface area contributed by atoms with E-state index in [-0.39, 0.29) is 18.5 Å². The number of hydrogen-bond acceptors (Lipinski definition) is 5. The van der Waals surface area contributed by atoms with Crippen LogP contribution in [-0.2, 0) is 9.53 Å². The lowest BCUT2D eigenvalue weighted by Gasteiger charge is -2.22. The number of carbonyl (C=O) groups is 2. The third-order valence-corrected chi connectivity index (χ3v) is 3.31. The van der Waals surface area contributed by atoms with Gasteiger partial charge in [0.15, 0.2) is 0 Å². The van der Waals surface area contributed by atoms with Gasteiger partial charge in [-0.1, -0.05) is 0 Å². The van der Waals surface area contributed by atoms with Gasteiger partial charge in [0.2, 0.25) is 0 Å². The van der Waals surface area contributed by atoms with Crippen LogP contribution in [0, 0.1) is 0 Å². The Bertz CT molecular complexity index is 540. The Kier molecular flexibility index (Phi) is 4.67. The number of benzene rings is 1. The van der Waals surface area contributed by atoms with Crippen molar-refractivity contribution in [2.75, 3.05) is 26.0 Å². The standard InChI is InChI=1S/C15H20N2O4/c1-3-21-14(18)9-17(11-5-6-11)15(19)12-8-10(16)4-7-13(12)20-2/h4,7-8,11H,3,5-6,9,16H2,1-2H3. The van der Waals surface area contributed by atoms with Crippen molar-refractivity contribution in [3.05, 3.63) is 23.8 Å². The first-order chi connectivity index (χ1) is 10.1. The smallest absolute Gasteiger partial charge is 0.325 e. The molecule has 1 aliphatic rings. The molecule has 0 spiro atoms. The molecule has 1 aliphatic carbocycles. The summed E-state index contributed by atoms with van der Waals surface area (Å²) in [7, 11) is 1.50. The summed E-state index contributed by atoms with van der Waals surface area (Å²) in [6.45, 7) is 1.99. The first-order valence-electron chi connectivity index (χ1n) is 6.97. The highest BCUT2D eigenvalue weighted by Gasteiger charge is 2.35. The normalized spacial score (nSPS) is 13.6. The molecule has 1 amide bonds. The molecule has 0 aliphatic heterocycles. The van der Waals surface area contributed by atoms with Gasteiger partial charge in [0.1, 0.15) is 12.3 Å². The lowest BCUT2D eigenvalue weighted by Crippen LogP contribution is -2.38. The molecule has 0 aromatic heterocycles. The maximum absolute atomic E-state index is 12.7. The van der Waals surface area contributed by atoms with Crippen molar-refractivity contribution in [1.82, 2.24) is 4.90 Å². The zero-order valence-corrected chi connectivity index (χ0v) is 12.3. The van der Waals surface area contributed by atoms with Crippen LogP contribution in [0.5, 0.6) is 5.75 Å². The molecule has 0 bridgehead atoms. The summed E-state index contributed by atoms with van der Waals surface area (Å²) in [6, 6.07) is 4.98. The van der Waals surface area contributed by atoms with E-state index < -0.39 is 5.97 Å². The van der Waals surface area contributed by atoms with Gasteiger partial charge in [-0.3, -0.25) is 9.59 Å². The average Bonchev–Trinajstić information content (AvgIpc) is 3.29. The van der Waals surface area contributed by atoms with Gasteiger partial charge < -0.3 is 20.1 Å². The minimum absolute atomic E-state index is 0.0463. The summed E-state index contributed by atoms with van der Waals surface area (Å²) < 4.78 is 10.1. The van der Waals surface area contributed by atoms with E-state index in [0.717, 1.165) is 12.8 Å². The number of carbonyl (C=O) groups excluding carboxylic acids is 2. The van der Waals surface area contributed by atoms with Gasteiger partial charge in [-0.05, 0) is 38.0 Å². The lowest BCUT2D eigenvalue weighted by molar-refractivity contribution is -0.144. The highest BCUT2D eigenvalue weighted by Crippen LogP contribution is 2.31. The third kappa shape index (κ3) is 3.65. The molecule has 1 aromatic carbocycles. The van der Waals surface area contributed by atoms with Crippen LogP contribution in [0.3, 0.4) is 0 Å². The second-order valence-corrected chi connectivity index (χ2v) is 4.93. The molecule has 2 N–H and O–H groups in total. The number of rotatable bonds is 6. The molecule has 2 rings (SSSR count). The lowest BCUT2D eigenvalue weighted by atomic mass is 10.1. The van der Waals surface area contributed by atoms with Gasteiger partial charge in [-0.25, -0.2) is 0 Å². The van der Waals surface area contributed by atoms with E-state index in [1.54, 1.807) is 25.1 Å². The van der Waals surface area contributed by atoms with E-state index >= 15 is 0 Å². The van der Waals surface area contributed by atoms with Gasteiger partial charge in [-0.2, -0.15) is 0 Å². The van der Waals surface area contributed by atoms with Crippen LogP contribution in [0.2, 0.25) is 0 Å². The number of nitrogens with zero attached hydrogens (tertiary/aromatic N) is 1. The van der Waals surface area contributed by atoms with Crippen molar-refractivity contribution >= 4 is 17.6 Å². The van der Waals surface area contributed by atoms with Gasteiger partial charge in [0.05, 0.1) is 19.3 Å². The fourth-order valence-electron chi connectivity index (χ4n) is 2.15. The molecule has 0 unspecified atom stereocenters. The molecule has 6 heteroatoms. The second kappa shape index (κ2) is 6.47. The first kappa shape index (κ1) is 15.2. The Balaban J connectivity index is 2.22. The Hall–Kier alpha value is -2.24. The summed E-state index contributed by atoms with van der Waals surface area (Å²) in [5.74, 6) is -0.209. The van der Waals surface area contributed by atoms with Gasteiger partial charge in [0.25, 0.3) is 5.91 Å². The van der Waals surface area contributed by atoms with Crippen molar-refractivity contribution in [2.24, 2.45) is 0 Å². The summed E-state index contributed by atoms with van der Waals surface area (Å²) >= 11 is 0. The molecule has 1 aromatic rings. The molecular formula is C15H20N2O4. The number of anilines is 1. The largest absolute Gasteiger partial charge is 0.496 e. The minimum atomic E-state index is -0.402. The Morgan fingerprint density at radius 2 is 2.10 bits per heavy atom. The Morgan fingerprint density at radius 1 is 1.38 bits per heavy atom. The SMILES string of the molecule is CCOC(=O)CN(C(=O)c1cc(N)ccc1OC)C1CC1. The van der Waals surface area contributed by atoms with Crippen LogP contribution in [0.25, 0.3) is 0 Å². The van der Waals surface area contributed by atoms with Gasteiger partial charge in [0, 0.05) is 11.7 Å². The van der Waals surface area contributed by atoms with E-state index in [1.165, 1.54) is 12.0 Å². The fraction of sp³-hybridized carbons (Fsp3) is 0.467. The number of hydrogen-bond donors (Lipinski definition) is 1. The maximum Gasteiger partial charge on any atom is 0.325 e. The minimum Gasteiger partial charge on any atom is -0.496 e. The zero-order valence-electron chi connectivity index (χ0n) is 12.3. The van der Waals surface area contributed by atoms with E-state index in [4.69, 9.17) is 15.2 Å². The fourth-order valence-corrected chi connectivity index (χ4v) is 2.15. The second-order valence-electron chi connectivity index (χ2n) is 4.93. The number of ether oxygens (including phenoxy) is 2. The molecule has 21 heavy (non-hydrogen) atoms. The van der Waals surface area contributed by atoms with E-state index in [1.807, 2.05) is 0 Å². The molecular weight excluding hydrogens is 272 g/mol. The topological polar surface area (TPSA) is 81.9 Å². The summed E-state index contributed by atoms with van der Waals surface area (Å²) in [6.07, 6.45) is 1.80. The van der Waals surface area contributed by atoms with Crippen LogP contribution >= 0.6 is 0 Å². The number of esters is 1. The zero-order chi connectivity index (χ0) is 15.4. The van der Waals surface area contributed by atoms with Crippen molar-refractivity contribution < 1.29 is 19.1 Å². The number of methoxy groups -OCH3 is 1. The molecule has 6 nitrogen and oxygen atoms in total. The van der Waals surface area contributed by atoms with Crippen LogP contribution in [0.4, 0.5) is 5.69 Å². The van der Waals surface area contributed by atoms with Crippen LogP contribution in [0.15, 0.2) is 18.2 Å². The molecule has 0 radical (unpaired) electrons. The van der Waals surface area contributed by atoms with E-state index in [0.29, 0.717) is 23.6 Å². The average molecular weight is 292 g/mol. The summed E-state index contributed by atoms with van der Waals surface area (Å²) in [5, 5.41) is 0. The molecule has 0 atom stereocenters. The van der Waals surface area contributed by atoms with Crippen molar-refractivity contribution in [3.63, 3.8) is 0 Å². The third-order valence-electron chi connectivity index (χ3n) is 3.31. The first-order valence-corrected chi connectivity index (χ1v) is 6.97. The quantitative estimate of drug-likeness (QED) is 0.634. The molecule has 0 heterocycles. The monoisotopic (exact) mass is 292 g/mol. The Morgan fingerprint density at radius 3 is 2.67 bits per heavy atom. The number of amides is 1. The van der Waals surface area contributed by atoms with E-state index in [2.05, 4.69) is 0 Å². The number of nitrogen functional groups attached to an aromatic ring is 1. The maximum atomic E-state index is 12.7. The predicted molar refractivity (Wildman–Crippen MR) is 78.1 cm³/mol. The van der Waals surface area contributed by atoms with Gasteiger partial charge in [-0.15, -0.1) is 0 Å². The van der Waals surface area contributed by atoms with Crippen molar-refractivity contribution in [1.29, 1.82) is 0 Å². The van der Waals surface area contributed by atoms with Crippen molar-refractivity contribution in [3.8, 4) is 5.75 Å². The molecule has 0 saturated heterocycles. The molecule has 1 saturated carbocycles. The summed E-state index contributed by atoms with van der Waals surface area (Å²) in [5.41, 5.74) is 6.59. The number of nitrogens with two attached hydrogens (primary N) is 1. The summed E-state index contributed by atoms with van der Waals surface area (Å²) in [4.78, 5) is 25.9. The van der Waals surface area contributed by atoms with Crippen LogP contribution < -0.4 is 10.5 Å². The van der Waals surface area contributed by atoms with Crippen LogP contribution in [0.1, 0.15) is 30.1 Å². The molecule has 1 fully saturated rings. The highest BCUT2D eigenvalue weighted by atomic mass is 16.5. The Labute approximate surface area is 123 Å².